The van der Waals surface area contributed by atoms with Crippen LogP contribution in [0.15, 0.2) is 78.9 Å². The first-order valence-electron chi connectivity index (χ1n) is 11.6. The SMILES string of the molecule is Cc1cc2cc(C(O)(C(F)(F)F)C(F)(F)F)ccc2n1Cc1cccc(C(=O)N(C)Cc2ccccc2)c1. The van der Waals surface area contributed by atoms with Gasteiger partial charge in [-0.05, 0) is 48.4 Å². The maximum absolute atomic E-state index is 13.3. The van der Waals surface area contributed by atoms with E-state index in [1.165, 1.54) is 6.07 Å². The Labute approximate surface area is 214 Å². The number of hydrogen-bond donors (Lipinski definition) is 1. The summed E-state index contributed by atoms with van der Waals surface area (Å²) in [5, 5.41) is 9.87. The molecule has 0 aliphatic heterocycles. The van der Waals surface area contributed by atoms with Gasteiger partial charge in [0.25, 0.3) is 11.5 Å². The molecule has 4 nitrogen and oxygen atoms in total. The van der Waals surface area contributed by atoms with Crippen LogP contribution in [0.5, 0.6) is 0 Å². The summed E-state index contributed by atoms with van der Waals surface area (Å²) in [6.45, 7) is 2.30. The molecule has 0 saturated carbocycles. The smallest absolute Gasteiger partial charge is 0.369 e. The highest BCUT2D eigenvalue weighted by Crippen LogP contribution is 2.50. The van der Waals surface area contributed by atoms with Crippen LogP contribution >= 0.6 is 0 Å². The quantitative estimate of drug-likeness (QED) is 0.284. The molecule has 1 aromatic heterocycles. The van der Waals surface area contributed by atoms with Crippen LogP contribution in [0.3, 0.4) is 0 Å². The molecular weight excluding hydrogens is 510 g/mol. The summed E-state index contributed by atoms with van der Waals surface area (Å²) in [4.78, 5) is 14.6. The fraction of sp³-hybridized carbons (Fsp3) is 0.250. The first kappa shape index (κ1) is 27.3. The Hall–Kier alpha value is -3.79. The molecule has 0 spiro atoms. The molecule has 0 bridgehead atoms. The first-order chi connectivity index (χ1) is 17.7. The van der Waals surface area contributed by atoms with Gasteiger partial charge in [-0.2, -0.15) is 26.3 Å². The van der Waals surface area contributed by atoms with E-state index in [0.29, 0.717) is 35.5 Å². The lowest BCUT2D eigenvalue weighted by molar-refractivity contribution is -0.376. The van der Waals surface area contributed by atoms with Gasteiger partial charge >= 0.3 is 12.4 Å². The number of carbonyl (C=O) groups excluding carboxylic acids is 1. The second kappa shape index (κ2) is 9.83. The van der Waals surface area contributed by atoms with Crippen molar-refractivity contribution in [3.05, 3.63) is 107 Å². The van der Waals surface area contributed by atoms with E-state index >= 15 is 0 Å². The number of halogens is 6. The molecule has 0 unspecified atom stereocenters. The van der Waals surface area contributed by atoms with Gasteiger partial charge < -0.3 is 14.6 Å². The Morgan fingerprint density at radius 1 is 0.842 bits per heavy atom. The van der Waals surface area contributed by atoms with Crippen molar-refractivity contribution >= 4 is 16.8 Å². The molecule has 0 aliphatic rings. The van der Waals surface area contributed by atoms with Gasteiger partial charge in [0.15, 0.2) is 0 Å². The zero-order chi connectivity index (χ0) is 27.9. The van der Waals surface area contributed by atoms with E-state index in [1.807, 2.05) is 30.3 Å². The number of rotatable bonds is 6. The second-order valence-corrected chi connectivity index (χ2v) is 9.20. The predicted molar refractivity (Wildman–Crippen MR) is 130 cm³/mol. The number of alkyl halides is 6. The van der Waals surface area contributed by atoms with E-state index < -0.39 is 23.5 Å². The van der Waals surface area contributed by atoms with Gasteiger partial charge in [-0.1, -0.05) is 48.5 Å². The summed E-state index contributed by atoms with van der Waals surface area (Å²) in [6, 6.07) is 20.3. The van der Waals surface area contributed by atoms with Gasteiger partial charge in [-0.15, -0.1) is 0 Å². The number of aliphatic hydroxyl groups is 1. The number of nitrogens with zero attached hydrogens (tertiary/aromatic N) is 2. The minimum Gasteiger partial charge on any atom is -0.369 e. The van der Waals surface area contributed by atoms with E-state index in [-0.39, 0.29) is 17.8 Å². The number of hydrogen-bond acceptors (Lipinski definition) is 2. The first-order valence-corrected chi connectivity index (χ1v) is 11.6. The zero-order valence-corrected chi connectivity index (χ0v) is 20.4. The summed E-state index contributed by atoms with van der Waals surface area (Å²) in [7, 11) is 1.69. The molecule has 38 heavy (non-hydrogen) atoms. The van der Waals surface area contributed by atoms with Crippen molar-refractivity contribution in [1.82, 2.24) is 9.47 Å². The second-order valence-electron chi connectivity index (χ2n) is 9.20. The molecule has 10 heteroatoms. The lowest BCUT2D eigenvalue weighted by atomic mass is 9.91. The van der Waals surface area contributed by atoms with Crippen LogP contribution < -0.4 is 0 Å². The van der Waals surface area contributed by atoms with Crippen LogP contribution in [-0.2, 0) is 18.7 Å². The molecule has 0 atom stereocenters. The zero-order valence-electron chi connectivity index (χ0n) is 20.4. The van der Waals surface area contributed by atoms with E-state index in [2.05, 4.69) is 0 Å². The monoisotopic (exact) mass is 534 g/mol. The van der Waals surface area contributed by atoms with Crippen molar-refractivity contribution in [2.45, 2.75) is 38.0 Å². The van der Waals surface area contributed by atoms with Crippen LogP contribution in [0, 0.1) is 6.92 Å². The number of carbonyl (C=O) groups is 1. The number of aryl methyl sites for hydroxylation is 1. The largest absolute Gasteiger partial charge is 0.430 e. The van der Waals surface area contributed by atoms with Crippen LogP contribution in [0.2, 0.25) is 0 Å². The Kier molecular flexibility index (Phi) is 7.05. The third-order valence-electron chi connectivity index (χ3n) is 6.47. The van der Waals surface area contributed by atoms with Crippen molar-refractivity contribution in [3.63, 3.8) is 0 Å². The van der Waals surface area contributed by atoms with Crippen LogP contribution in [0.1, 0.15) is 32.7 Å². The molecule has 4 aromatic rings. The number of amides is 1. The highest BCUT2D eigenvalue weighted by atomic mass is 19.4. The summed E-state index contributed by atoms with van der Waals surface area (Å²) >= 11 is 0. The third-order valence-corrected chi connectivity index (χ3v) is 6.47. The van der Waals surface area contributed by atoms with E-state index in [0.717, 1.165) is 17.2 Å². The average molecular weight is 535 g/mol. The van der Waals surface area contributed by atoms with Gasteiger partial charge in [0.2, 0.25) is 0 Å². The van der Waals surface area contributed by atoms with Gasteiger partial charge in [0.1, 0.15) is 0 Å². The Morgan fingerprint density at radius 3 is 2.11 bits per heavy atom. The molecule has 1 heterocycles. The van der Waals surface area contributed by atoms with Gasteiger partial charge in [-0.3, -0.25) is 4.79 Å². The van der Waals surface area contributed by atoms with Crippen molar-refractivity contribution in [3.8, 4) is 0 Å². The standard InChI is InChI=1S/C28H24F6N2O2/c1-18-13-22-15-23(26(38,27(29,30)31)28(32,33)34)11-12-24(22)36(18)17-20-9-6-10-21(14-20)25(37)35(2)16-19-7-4-3-5-8-19/h3-15,38H,16-17H2,1-2H3. The number of fused-ring (bicyclic) bond motifs is 1. The lowest BCUT2D eigenvalue weighted by Gasteiger charge is -2.32. The van der Waals surface area contributed by atoms with Crippen molar-refractivity contribution in [2.75, 3.05) is 7.05 Å². The summed E-state index contributed by atoms with van der Waals surface area (Å²) in [5.41, 5.74) is -3.21. The molecule has 1 amide bonds. The van der Waals surface area contributed by atoms with Crippen molar-refractivity contribution < 1.29 is 36.2 Å². The molecule has 0 aliphatic carbocycles. The minimum absolute atomic E-state index is 0.113. The average Bonchev–Trinajstić information content (AvgIpc) is 3.16. The molecular formula is C28H24F6N2O2. The predicted octanol–water partition coefficient (Wildman–Crippen LogP) is 6.58. The Bertz CT molecular complexity index is 1440. The third kappa shape index (κ3) is 5.00. The molecule has 1 N–H and O–H groups in total. The van der Waals surface area contributed by atoms with E-state index in [1.54, 1.807) is 47.7 Å². The fourth-order valence-corrected chi connectivity index (χ4v) is 4.47. The topological polar surface area (TPSA) is 45.5 Å². The molecule has 0 fully saturated rings. The lowest BCUT2D eigenvalue weighted by Crippen LogP contribution is -2.53. The van der Waals surface area contributed by atoms with E-state index in [9.17, 15) is 36.2 Å². The normalized spacial score (nSPS) is 12.7. The fourth-order valence-electron chi connectivity index (χ4n) is 4.47. The van der Waals surface area contributed by atoms with Crippen molar-refractivity contribution in [1.29, 1.82) is 0 Å². The van der Waals surface area contributed by atoms with Crippen LogP contribution in [0.4, 0.5) is 26.3 Å². The number of benzene rings is 3. The van der Waals surface area contributed by atoms with Crippen molar-refractivity contribution in [2.24, 2.45) is 0 Å². The van der Waals surface area contributed by atoms with Gasteiger partial charge in [0.05, 0.1) is 0 Å². The highest BCUT2D eigenvalue weighted by molar-refractivity contribution is 5.94. The molecule has 3 aromatic carbocycles. The van der Waals surface area contributed by atoms with Gasteiger partial charge in [-0.25, -0.2) is 0 Å². The summed E-state index contributed by atoms with van der Waals surface area (Å²) < 4.78 is 81.7. The van der Waals surface area contributed by atoms with Crippen LogP contribution in [0.25, 0.3) is 10.9 Å². The molecule has 200 valence electrons. The highest BCUT2D eigenvalue weighted by Gasteiger charge is 2.71. The Balaban J connectivity index is 1.62. The summed E-state index contributed by atoms with van der Waals surface area (Å²) in [6.07, 6.45) is -11.9. The molecule has 4 rings (SSSR count). The van der Waals surface area contributed by atoms with Crippen LogP contribution in [-0.4, -0.2) is 39.9 Å². The van der Waals surface area contributed by atoms with Gasteiger partial charge in [0, 0.05) is 47.9 Å². The maximum atomic E-state index is 13.3. The minimum atomic E-state index is -5.96. The Morgan fingerprint density at radius 2 is 1.47 bits per heavy atom. The molecule has 0 saturated heterocycles. The molecule has 0 radical (unpaired) electrons. The maximum Gasteiger partial charge on any atom is 0.430 e. The number of aromatic nitrogens is 1. The summed E-state index contributed by atoms with van der Waals surface area (Å²) in [5.74, 6) is -0.201. The van der Waals surface area contributed by atoms with E-state index in [4.69, 9.17) is 0 Å².